The van der Waals surface area contributed by atoms with Crippen molar-refractivity contribution in [2.75, 3.05) is 44.2 Å². The van der Waals surface area contributed by atoms with Gasteiger partial charge in [-0.25, -0.2) is 8.42 Å². The second-order valence-electron chi connectivity index (χ2n) is 8.31. The molecule has 1 atom stereocenters. The molecule has 2 aromatic rings. The van der Waals surface area contributed by atoms with Crippen molar-refractivity contribution in [2.24, 2.45) is 0 Å². The van der Waals surface area contributed by atoms with E-state index in [0.717, 1.165) is 39.1 Å². The van der Waals surface area contributed by atoms with Gasteiger partial charge < -0.3 is 14.7 Å². The lowest BCUT2D eigenvalue weighted by atomic mass is 10.2. The molecule has 2 heterocycles. The monoisotopic (exact) mass is 463 g/mol. The van der Waals surface area contributed by atoms with E-state index in [-0.39, 0.29) is 22.3 Å². The summed E-state index contributed by atoms with van der Waals surface area (Å²) in [6.07, 6.45) is 0.805. The SMILES string of the molecule is Cc1cccc(N2CCN(CCCNC(=O)[C@H](C)NS(=O)(=O)c3c(C)noc3C)CC2)c1. The highest BCUT2D eigenvalue weighted by Gasteiger charge is 2.28. The summed E-state index contributed by atoms with van der Waals surface area (Å²) in [5.41, 5.74) is 2.80. The van der Waals surface area contributed by atoms with Crippen LogP contribution in [0.25, 0.3) is 0 Å². The van der Waals surface area contributed by atoms with E-state index in [1.54, 1.807) is 6.92 Å². The smallest absolute Gasteiger partial charge is 0.246 e. The molecule has 2 N–H and O–H groups in total. The van der Waals surface area contributed by atoms with E-state index in [1.807, 2.05) is 0 Å². The predicted octanol–water partition coefficient (Wildman–Crippen LogP) is 1.60. The van der Waals surface area contributed by atoms with Gasteiger partial charge in [-0.1, -0.05) is 17.3 Å². The van der Waals surface area contributed by atoms with Crippen molar-refractivity contribution in [1.29, 1.82) is 0 Å². The number of carbonyl (C=O) groups excluding carboxylic acids is 1. The summed E-state index contributed by atoms with van der Waals surface area (Å²) < 4.78 is 32.4. The number of hydrogen-bond acceptors (Lipinski definition) is 7. The lowest BCUT2D eigenvalue weighted by Gasteiger charge is -2.36. The number of hydrogen-bond donors (Lipinski definition) is 2. The van der Waals surface area contributed by atoms with Gasteiger partial charge in [0.25, 0.3) is 0 Å². The predicted molar refractivity (Wildman–Crippen MR) is 123 cm³/mol. The quantitative estimate of drug-likeness (QED) is 0.544. The Kier molecular flexibility index (Phi) is 7.91. The first-order chi connectivity index (χ1) is 15.2. The summed E-state index contributed by atoms with van der Waals surface area (Å²) in [4.78, 5) is 17.1. The largest absolute Gasteiger partial charge is 0.369 e. The van der Waals surface area contributed by atoms with E-state index >= 15 is 0 Å². The van der Waals surface area contributed by atoms with Crippen molar-refractivity contribution in [3.05, 3.63) is 41.3 Å². The Bertz CT molecular complexity index is 1010. The maximum atomic E-state index is 12.5. The van der Waals surface area contributed by atoms with Gasteiger partial charge in [-0.2, -0.15) is 4.72 Å². The van der Waals surface area contributed by atoms with Gasteiger partial charge in [0.15, 0.2) is 5.76 Å². The van der Waals surface area contributed by atoms with Gasteiger partial charge in [0, 0.05) is 38.4 Å². The summed E-state index contributed by atoms with van der Waals surface area (Å²) in [5, 5.41) is 6.48. The fourth-order valence-electron chi connectivity index (χ4n) is 3.93. The molecule has 1 aliphatic rings. The maximum Gasteiger partial charge on any atom is 0.246 e. The molecule has 1 saturated heterocycles. The first-order valence-corrected chi connectivity index (χ1v) is 12.4. The highest BCUT2D eigenvalue weighted by Crippen LogP contribution is 2.19. The molecule has 0 radical (unpaired) electrons. The first kappa shape index (κ1) is 24.2. The number of amides is 1. The van der Waals surface area contributed by atoms with Crippen LogP contribution in [0.5, 0.6) is 0 Å². The van der Waals surface area contributed by atoms with E-state index in [0.29, 0.717) is 6.54 Å². The fourth-order valence-corrected chi connectivity index (χ4v) is 5.46. The standard InChI is InChI=1S/C22H33N5O4S/c1-16-7-5-8-20(15-16)27-13-11-26(12-14-27)10-6-9-23-22(28)18(3)25-32(29,30)21-17(2)24-31-19(21)4/h5,7-8,15,18,25H,6,9-14H2,1-4H3,(H,23,28)/t18-/m0/s1. The molecule has 0 unspecified atom stereocenters. The number of aryl methyl sites for hydroxylation is 3. The maximum absolute atomic E-state index is 12.5. The molecule has 0 bridgehead atoms. The fraction of sp³-hybridized carbons (Fsp3) is 0.545. The molecule has 1 amide bonds. The minimum absolute atomic E-state index is 0.0121. The normalized spacial score (nSPS) is 16.2. The van der Waals surface area contributed by atoms with Crippen molar-refractivity contribution >= 4 is 21.6 Å². The summed E-state index contributed by atoms with van der Waals surface area (Å²) in [5.74, 6) is -0.158. The van der Waals surface area contributed by atoms with Crippen molar-refractivity contribution in [2.45, 2.75) is 45.1 Å². The number of sulfonamides is 1. The Morgan fingerprint density at radius 3 is 2.53 bits per heavy atom. The topological polar surface area (TPSA) is 108 Å². The molecule has 1 aromatic heterocycles. The summed E-state index contributed by atoms with van der Waals surface area (Å²) in [7, 11) is -3.88. The Balaban J connectivity index is 1.37. The van der Waals surface area contributed by atoms with Gasteiger partial charge >= 0.3 is 0 Å². The van der Waals surface area contributed by atoms with Crippen LogP contribution in [0.15, 0.2) is 33.7 Å². The molecule has 0 aliphatic carbocycles. The molecule has 1 fully saturated rings. The highest BCUT2D eigenvalue weighted by atomic mass is 32.2. The van der Waals surface area contributed by atoms with Crippen LogP contribution < -0.4 is 14.9 Å². The molecule has 1 aliphatic heterocycles. The van der Waals surface area contributed by atoms with Crippen LogP contribution in [0.2, 0.25) is 0 Å². The molecule has 10 heteroatoms. The molecule has 176 valence electrons. The summed E-state index contributed by atoms with van der Waals surface area (Å²) in [6.45, 7) is 12.0. The Morgan fingerprint density at radius 2 is 1.91 bits per heavy atom. The van der Waals surface area contributed by atoms with E-state index in [4.69, 9.17) is 4.52 Å². The minimum atomic E-state index is -3.88. The molecule has 1 aromatic carbocycles. The number of rotatable bonds is 9. The zero-order valence-corrected chi connectivity index (χ0v) is 20.0. The molecule has 3 rings (SSSR count). The highest BCUT2D eigenvalue weighted by molar-refractivity contribution is 7.89. The van der Waals surface area contributed by atoms with Gasteiger partial charge in [0.2, 0.25) is 15.9 Å². The van der Waals surface area contributed by atoms with E-state index in [9.17, 15) is 13.2 Å². The lowest BCUT2D eigenvalue weighted by molar-refractivity contribution is -0.122. The molecule has 0 saturated carbocycles. The number of nitrogens with one attached hydrogen (secondary N) is 2. The zero-order valence-electron chi connectivity index (χ0n) is 19.2. The third kappa shape index (κ3) is 6.08. The average Bonchev–Trinajstić information content (AvgIpc) is 3.10. The number of nitrogens with zero attached hydrogens (tertiary/aromatic N) is 3. The van der Waals surface area contributed by atoms with Crippen LogP contribution >= 0.6 is 0 Å². The van der Waals surface area contributed by atoms with Crippen molar-refractivity contribution in [3.63, 3.8) is 0 Å². The molecule has 32 heavy (non-hydrogen) atoms. The van der Waals surface area contributed by atoms with E-state index < -0.39 is 16.1 Å². The number of benzene rings is 1. The van der Waals surface area contributed by atoms with Crippen LogP contribution in [0.4, 0.5) is 5.69 Å². The summed E-state index contributed by atoms with van der Waals surface area (Å²) >= 11 is 0. The van der Waals surface area contributed by atoms with Gasteiger partial charge in [0.1, 0.15) is 10.6 Å². The molecule has 9 nitrogen and oxygen atoms in total. The minimum Gasteiger partial charge on any atom is -0.369 e. The first-order valence-electron chi connectivity index (χ1n) is 10.9. The van der Waals surface area contributed by atoms with Crippen molar-refractivity contribution in [3.8, 4) is 0 Å². The Hall–Kier alpha value is -2.43. The van der Waals surface area contributed by atoms with E-state index in [2.05, 4.69) is 56.2 Å². The molecular formula is C22H33N5O4S. The van der Waals surface area contributed by atoms with E-state index in [1.165, 1.54) is 25.1 Å². The summed E-state index contributed by atoms with van der Waals surface area (Å²) in [6, 6.07) is 7.67. The number of piperazine rings is 1. The molecular weight excluding hydrogens is 430 g/mol. The van der Waals surface area contributed by atoms with Crippen LogP contribution in [-0.2, 0) is 14.8 Å². The third-order valence-corrected chi connectivity index (χ3v) is 7.44. The number of carbonyl (C=O) groups is 1. The third-order valence-electron chi connectivity index (χ3n) is 5.65. The van der Waals surface area contributed by atoms with Crippen LogP contribution in [0.1, 0.15) is 30.4 Å². The van der Waals surface area contributed by atoms with Crippen LogP contribution in [0, 0.1) is 20.8 Å². The van der Waals surface area contributed by atoms with Crippen LogP contribution in [-0.4, -0.2) is 69.7 Å². The second kappa shape index (κ2) is 10.5. The van der Waals surface area contributed by atoms with Crippen molar-refractivity contribution in [1.82, 2.24) is 20.1 Å². The Labute approximate surface area is 190 Å². The van der Waals surface area contributed by atoms with Gasteiger partial charge in [-0.05, 0) is 58.4 Å². The van der Waals surface area contributed by atoms with Gasteiger partial charge in [-0.15, -0.1) is 0 Å². The van der Waals surface area contributed by atoms with Crippen LogP contribution in [0.3, 0.4) is 0 Å². The van der Waals surface area contributed by atoms with Gasteiger partial charge in [0.05, 0.1) is 6.04 Å². The number of anilines is 1. The second-order valence-corrected chi connectivity index (χ2v) is 9.96. The number of aromatic nitrogens is 1. The zero-order chi connectivity index (χ0) is 23.3. The van der Waals surface area contributed by atoms with Gasteiger partial charge in [-0.3, -0.25) is 9.69 Å². The lowest BCUT2D eigenvalue weighted by Crippen LogP contribution is -2.48. The molecule has 0 spiro atoms. The van der Waals surface area contributed by atoms with Crippen molar-refractivity contribution < 1.29 is 17.7 Å². The Morgan fingerprint density at radius 1 is 1.19 bits per heavy atom. The average molecular weight is 464 g/mol.